The van der Waals surface area contributed by atoms with Gasteiger partial charge in [-0.05, 0) is 36.1 Å². The molecule has 0 saturated heterocycles. The lowest BCUT2D eigenvalue weighted by atomic mass is 10.2. The number of nitrogens with zero attached hydrogens (tertiary/aromatic N) is 3. The molecule has 0 bridgehead atoms. The van der Waals surface area contributed by atoms with E-state index in [1.54, 1.807) is 34.9 Å². The molecule has 0 spiro atoms. The third kappa shape index (κ3) is 3.19. The summed E-state index contributed by atoms with van der Waals surface area (Å²) in [6, 6.07) is 2.06. The van der Waals surface area contributed by atoms with Crippen LogP contribution in [0.25, 0.3) is 0 Å². The summed E-state index contributed by atoms with van der Waals surface area (Å²) in [5.41, 5.74) is 7.75. The van der Waals surface area contributed by atoms with Crippen LogP contribution < -0.4 is 5.73 Å². The molecular weight excluding hydrogens is 272 g/mol. The first-order valence-corrected chi connectivity index (χ1v) is 7.79. The van der Waals surface area contributed by atoms with E-state index in [1.165, 1.54) is 0 Å². The largest absolute Gasteiger partial charge is 0.326 e. The van der Waals surface area contributed by atoms with Crippen LogP contribution in [0.3, 0.4) is 0 Å². The molecule has 0 aliphatic rings. The lowest BCUT2D eigenvalue weighted by Crippen LogP contribution is -1.98. The van der Waals surface area contributed by atoms with Gasteiger partial charge in [-0.25, -0.2) is 4.98 Å². The Labute approximate surface area is 112 Å². The molecule has 90 valence electrons. The quantitative estimate of drug-likeness (QED) is 0.871. The van der Waals surface area contributed by atoms with E-state index >= 15 is 0 Å². The molecule has 7 heteroatoms. The molecule has 0 radical (unpaired) electrons. The van der Waals surface area contributed by atoms with Gasteiger partial charge in [-0.1, -0.05) is 29.2 Å². The molecule has 2 aromatic rings. The number of aromatic nitrogens is 3. The first kappa shape index (κ1) is 12.8. The van der Waals surface area contributed by atoms with Gasteiger partial charge in [0, 0.05) is 12.7 Å². The van der Waals surface area contributed by atoms with Gasteiger partial charge in [0.15, 0.2) is 8.68 Å². The van der Waals surface area contributed by atoms with Crippen molar-refractivity contribution in [1.29, 1.82) is 0 Å². The Morgan fingerprint density at radius 1 is 1.35 bits per heavy atom. The van der Waals surface area contributed by atoms with E-state index < -0.39 is 0 Å². The summed E-state index contributed by atoms with van der Waals surface area (Å²) in [5, 5.41) is 9.13. The Hall–Kier alpha value is -0.630. The number of hydrogen-bond acceptors (Lipinski definition) is 7. The molecule has 17 heavy (non-hydrogen) atoms. The van der Waals surface area contributed by atoms with Crippen LogP contribution in [0.1, 0.15) is 11.1 Å². The maximum atomic E-state index is 5.57. The minimum atomic E-state index is 0.522. The highest BCUT2D eigenvalue weighted by molar-refractivity contribution is 8.02. The molecule has 0 aromatic carbocycles. The van der Waals surface area contributed by atoms with Crippen molar-refractivity contribution in [3.05, 3.63) is 23.4 Å². The van der Waals surface area contributed by atoms with Crippen molar-refractivity contribution in [2.75, 3.05) is 6.26 Å². The molecular formula is C10H12N4S3. The standard InChI is InChI=1S/C10H12N4S3/c1-6-3-7(4-11)5-12-8(6)16-10-14-13-9(15-2)17-10/h3,5H,4,11H2,1-2H3. The van der Waals surface area contributed by atoms with Crippen molar-refractivity contribution in [2.45, 2.75) is 27.2 Å². The molecule has 0 aliphatic carbocycles. The van der Waals surface area contributed by atoms with E-state index in [0.717, 1.165) is 24.8 Å². The summed E-state index contributed by atoms with van der Waals surface area (Å²) >= 11 is 4.74. The first-order chi connectivity index (χ1) is 8.22. The molecule has 0 amide bonds. The van der Waals surface area contributed by atoms with Crippen molar-refractivity contribution >= 4 is 34.9 Å². The Morgan fingerprint density at radius 2 is 2.12 bits per heavy atom. The van der Waals surface area contributed by atoms with Gasteiger partial charge >= 0.3 is 0 Å². The fourth-order valence-corrected chi connectivity index (χ4v) is 3.62. The van der Waals surface area contributed by atoms with Gasteiger partial charge in [0.1, 0.15) is 5.03 Å². The fraction of sp³-hybridized carbons (Fsp3) is 0.300. The minimum Gasteiger partial charge on any atom is -0.326 e. The van der Waals surface area contributed by atoms with Gasteiger partial charge in [0.25, 0.3) is 0 Å². The Kier molecular flexibility index (Phi) is 4.38. The smallest absolute Gasteiger partial charge is 0.181 e. The van der Waals surface area contributed by atoms with Crippen molar-refractivity contribution in [3.8, 4) is 0 Å². The highest BCUT2D eigenvalue weighted by Crippen LogP contribution is 2.33. The summed E-state index contributed by atoms with van der Waals surface area (Å²) < 4.78 is 1.90. The van der Waals surface area contributed by atoms with Crippen LogP contribution >= 0.6 is 34.9 Å². The zero-order chi connectivity index (χ0) is 12.3. The first-order valence-electron chi connectivity index (χ1n) is 4.94. The summed E-state index contributed by atoms with van der Waals surface area (Å²) in [6.45, 7) is 2.55. The normalized spacial score (nSPS) is 10.8. The molecule has 0 saturated carbocycles. The average Bonchev–Trinajstić information content (AvgIpc) is 2.79. The predicted octanol–water partition coefficient (Wildman–Crippen LogP) is 2.57. The second-order valence-corrected chi connectivity index (χ2v) is 6.58. The van der Waals surface area contributed by atoms with E-state index in [-0.39, 0.29) is 0 Å². The molecule has 2 heterocycles. The molecule has 0 atom stereocenters. The molecule has 0 fully saturated rings. The van der Waals surface area contributed by atoms with Crippen LogP contribution in [0.2, 0.25) is 0 Å². The van der Waals surface area contributed by atoms with Crippen LogP contribution in [0, 0.1) is 6.92 Å². The zero-order valence-electron chi connectivity index (χ0n) is 9.51. The third-order valence-electron chi connectivity index (χ3n) is 2.07. The van der Waals surface area contributed by atoms with Gasteiger partial charge in [0.2, 0.25) is 0 Å². The van der Waals surface area contributed by atoms with Gasteiger partial charge in [-0.3, -0.25) is 0 Å². The lowest BCUT2D eigenvalue weighted by Gasteiger charge is -2.03. The number of nitrogens with two attached hydrogens (primary N) is 1. The van der Waals surface area contributed by atoms with Crippen molar-refractivity contribution in [2.24, 2.45) is 5.73 Å². The minimum absolute atomic E-state index is 0.522. The van der Waals surface area contributed by atoms with E-state index in [0.29, 0.717) is 6.54 Å². The Balaban J connectivity index is 2.18. The van der Waals surface area contributed by atoms with Crippen LogP contribution in [0.5, 0.6) is 0 Å². The molecule has 2 rings (SSSR count). The van der Waals surface area contributed by atoms with Gasteiger partial charge in [-0.2, -0.15) is 0 Å². The summed E-state index contributed by atoms with van der Waals surface area (Å²) in [6.07, 6.45) is 3.81. The SMILES string of the molecule is CSc1nnc(Sc2ncc(CN)cc2C)s1. The van der Waals surface area contributed by atoms with Gasteiger partial charge in [-0.15, -0.1) is 10.2 Å². The van der Waals surface area contributed by atoms with Crippen molar-refractivity contribution in [3.63, 3.8) is 0 Å². The average molecular weight is 284 g/mol. The molecule has 0 unspecified atom stereocenters. The second kappa shape index (κ2) is 5.81. The number of hydrogen-bond donors (Lipinski definition) is 1. The summed E-state index contributed by atoms with van der Waals surface area (Å²) in [5.74, 6) is 0. The summed E-state index contributed by atoms with van der Waals surface area (Å²) in [4.78, 5) is 4.39. The Morgan fingerprint density at radius 3 is 2.71 bits per heavy atom. The van der Waals surface area contributed by atoms with E-state index in [2.05, 4.69) is 21.2 Å². The number of aryl methyl sites for hydroxylation is 1. The fourth-order valence-electron chi connectivity index (χ4n) is 1.24. The third-order valence-corrected chi connectivity index (χ3v) is 5.14. The van der Waals surface area contributed by atoms with Crippen LogP contribution in [0.15, 0.2) is 26.0 Å². The maximum Gasteiger partial charge on any atom is 0.181 e. The molecule has 4 nitrogen and oxygen atoms in total. The van der Waals surface area contributed by atoms with Crippen LogP contribution in [-0.4, -0.2) is 21.4 Å². The highest BCUT2D eigenvalue weighted by Gasteiger charge is 2.08. The van der Waals surface area contributed by atoms with Gasteiger partial charge < -0.3 is 5.73 Å². The zero-order valence-corrected chi connectivity index (χ0v) is 12.0. The van der Waals surface area contributed by atoms with Crippen LogP contribution in [-0.2, 0) is 6.54 Å². The predicted molar refractivity (Wildman–Crippen MR) is 72.7 cm³/mol. The number of rotatable bonds is 4. The number of pyridine rings is 1. The summed E-state index contributed by atoms with van der Waals surface area (Å²) in [7, 11) is 0. The van der Waals surface area contributed by atoms with E-state index in [4.69, 9.17) is 5.73 Å². The molecule has 0 aliphatic heterocycles. The maximum absolute atomic E-state index is 5.57. The molecule has 2 aromatic heterocycles. The van der Waals surface area contributed by atoms with E-state index in [9.17, 15) is 0 Å². The number of thioether (sulfide) groups is 1. The monoisotopic (exact) mass is 284 g/mol. The Bertz CT molecular complexity index is 512. The van der Waals surface area contributed by atoms with Crippen LogP contribution in [0.4, 0.5) is 0 Å². The van der Waals surface area contributed by atoms with E-state index in [1.807, 2.05) is 19.4 Å². The second-order valence-electron chi connectivity index (χ2n) is 3.31. The van der Waals surface area contributed by atoms with Crippen molar-refractivity contribution < 1.29 is 0 Å². The highest BCUT2D eigenvalue weighted by atomic mass is 32.2. The lowest BCUT2D eigenvalue weighted by molar-refractivity contribution is 0.948. The van der Waals surface area contributed by atoms with Crippen molar-refractivity contribution in [1.82, 2.24) is 15.2 Å². The van der Waals surface area contributed by atoms with Gasteiger partial charge in [0.05, 0.1) is 0 Å². The topological polar surface area (TPSA) is 64.7 Å². The molecule has 2 N–H and O–H groups in total.